The van der Waals surface area contributed by atoms with Crippen LogP contribution < -0.4 is 10.5 Å². The molecule has 2 N–H and O–H groups in total. The van der Waals surface area contributed by atoms with Crippen LogP contribution in [0.15, 0.2) is 41.3 Å². The van der Waals surface area contributed by atoms with Crippen LogP contribution in [0.5, 0.6) is 5.75 Å². The molecule has 0 unspecified atom stereocenters. The zero-order chi connectivity index (χ0) is 13.8. The number of nitrogen functional groups attached to an aromatic ring is 1. The van der Waals surface area contributed by atoms with Crippen LogP contribution in [0.25, 0.3) is 0 Å². The summed E-state index contributed by atoms with van der Waals surface area (Å²) in [6.07, 6.45) is 0. The minimum atomic E-state index is 0.566. The molecule has 0 atom stereocenters. The van der Waals surface area contributed by atoms with Crippen LogP contribution >= 0.6 is 35.0 Å². The molecule has 0 heterocycles. The number of ether oxygens (including phenoxy) is 1. The molecule has 0 saturated heterocycles. The highest BCUT2D eigenvalue weighted by atomic mass is 35.5. The third kappa shape index (κ3) is 3.96. The maximum atomic E-state index is 5.98. The summed E-state index contributed by atoms with van der Waals surface area (Å²) in [6.45, 7) is 0. The largest absolute Gasteiger partial charge is 0.497 e. The zero-order valence-corrected chi connectivity index (χ0v) is 12.6. The number of nitrogens with two attached hydrogens (primary N) is 1. The van der Waals surface area contributed by atoms with Gasteiger partial charge in [-0.3, -0.25) is 0 Å². The van der Waals surface area contributed by atoms with Gasteiger partial charge in [-0.2, -0.15) is 0 Å². The molecule has 0 aliphatic carbocycles. The predicted octanol–water partition coefficient (Wildman–Crippen LogP) is 4.88. The highest BCUT2D eigenvalue weighted by Gasteiger charge is 2.03. The highest BCUT2D eigenvalue weighted by Crippen LogP contribution is 2.31. The summed E-state index contributed by atoms with van der Waals surface area (Å²) in [6, 6.07) is 11.3. The number of hydrogen-bond donors (Lipinski definition) is 1. The molecule has 0 radical (unpaired) electrons. The lowest BCUT2D eigenvalue weighted by Crippen LogP contribution is -1.91. The fraction of sp³-hybridized carbons (Fsp3) is 0.143. The third-order valence-corrected chi connectivity index (χ3v) is 4.32. The van der Waals surface area contributed by atoms with Crippen molar-refractivity contribution in [2.24, 2.45) is 0 Å². The molecule has 0 aliphatic rings. The number of anilines is 1. The molecular formula is C14H13Cl2NOS. The van der Waals surface area contributed by atoms with E-state index in [-0.39, 0.29) is 0 Å². The van der Waals surface area contributed by atoms with Crippen molar-refractivity contribution in [3.8, 4) is 5.75 Å². The van der Waals surface area contributed by atoms with Gasteiger partial charge in [0.15, 0.2) is 0 Å². The van der Waals surface area contributed by atoms with Crippen molar-refractivity contribution >= 4 is 40.7 Å². The lowest BCUT2D eigenvalue weighted by molar-refractivity contribution is 0.414. The van der Waals surface area contributed by atoms with Gasteiger partial charge < -0.3 is 10.5 Å². The van der Waals surface area contributed by atoms with E-state index in [0.717, 1.165) is 22.0 Å². The fourth-order valence-electron chi connectivity index (χ4n) is 1.62. The average molecular weight is 314 g/mol. The van der Waals surface area contributed by atoms with Crippen LogP contribution in [-0.2, 0) is 5.75 Å². The Morgan fingerprint density at radius 1 is 1.11 bits per heavy atom. The maximum absolute atomic E-state index is 5.98. The van der Waals surface area contributed by atoms with Crippen molar-refractivity contribution in [2.45, 2.75) is 10.6 Å². The monoisotopic (exact) mass is 313 g/mol. The highest BCUT2D eigenvalue weighted by molar-refractivity contribution is 7.98. The molecule has 19 heavy (non-hydrogen) atoms. The summed E-state index contributed by atoms with van der Waals surface area (Å²) >= 11 is 13.5. The summed E-state index contributed by atoms with van der Waals surface area (Å²) in [7, 11) is 1.63. The number of methoxy groups -OCH3 is 1. The molecule has 2 rings (SSSR count). The number of halogens is 2. The van der Waals surface area contributed by atoms with Gasteiger partial charge in [0.25, 0.3) is 0 Å². The Morgan fingerprint density at radius 3 is 2.58 bits per heavy atom. The van der Waals surface area contributed by atoms with E-state index in [0.29, 0.717) is 15.7 Å². The van der Waals surface area contributed by atoms with Gasteiger partial charge in [0.05, 0.1) is 17.2 Å². The van der Waals surface area contributed by atoms with Crippen molar-refractivity contribution in [2.75, 3.05) is 12.8 Å². The molecule has 0 spiro atoms. The number of rotatable bonds is 4. The summed E-state index contributed by atoms with van der Waals surface area (Å²) in [5.41, 5.74) is 7.62. The van der Waals surface area contributed by atoms with Crippen molar-refractivity contribution in [1.82, 2.24) is 0 Å². The Bertz CT molecular complexity index is 590. The first kappa shape index (κ1) is 14.4. The maximum Gasteiger partial charge on any atom is 0.121 e. The van der Waals surface area contributed by atoms with Crippen molar-refractivity contribution in [3.63, 3.8) is 0 Å². The van der Waals surface area contributed by atoms with Crippen LogP contribution in [-0.4, -0.2) is 7.11 Å². The second-order valence-corrected chi connectivity index (χ2v) is 5.84. The first-order valence-electron chi connectivity index (χ1n) is 5.60. The summed E-state index contributed by atoms with van der Waals surface area (Å²) in [5, 5.41) is 1.13. The van der Waals surface area contributed by atoms with Gasteiger partial charge in [0.1, 0.15) is 5.75 Å². The van der Waals surface area contributed by atoms with E-state index < -0.39 is 0 Å². The minimum absolute atomic E-state index is 0.566. The normalized spacial score (nSPS) is 10.5. The third-order valence-electron chi connectivity index (χ3n) is 2.52. The van der Waals surface area contributed by atoms with Crippen LogP contribution in [0, 0.1) is 0 Å². The van der Waals surface area contributed by atoms with Crippen LogP contribution in [0.3, 0.4) is 0 Å². The minimum Gasteiger partial charge on any atom is -0.497 e. The van der Waals surface area contributed by atoms with Gasteiger partial charge in [-0.1, -0.05) is 23.2 Å². The SMILES string of the molecule is COc1cc(N)cc(CSc2ccc(Cl)c(Cl)c2)c1. The van der Waals surface area contributed by atoms with E-state index in [9.17, 15) is 0 Å². The van der Waals surface area contributed by atoms with E-state index in [2.05, 4.69) is 0 Å². The molecule has 0 fully saturated rings. The smallest absolute Gasteiger partial charge is 0.121 e. The van der Waals surface area contributed by atoms with Gasteiger partial charge in [-0.05, 0) is 35.9 Å². The Hall–Kier alpha value is -1.03. The summed E-state index contributed by atoms with van der Waals surface area (Å²) in [5.74, 6) is 1.56. The summed E-state index contributed by atoms with van der Waals surface area (Å²) in [4.78, 5) is 1.07. The molecule has 0 aliphatic heterocycles. The van der Waals surface area contributed by atoms with Gasteiger partial charge in [-0.15, -0.1) is 11.8 Å². The van der Waals surface area contributed by atoms with Crippen molar-refractivity contribution in [1.29, 1.82) is 0 Å². The Balaban J connectivity index is 2.09. The molecule has 5 heteroatoms. The van der Waals surface area contributed by atoms with Gasteiger partial charge in [0, 0.05) is 22.4 Å². The van der Waals surface area contributed by atoms with Crippen LogP contribution in [0.1, 0.15) is 5.56 Å². The van der Waals surface area contributed by atoms with E-state index in [1.807, 2.05) is 24.3 Å². The topological polar surface area (TPSA) is 35.2 Å². The molecule has 2 aromatic carbocycles. The van der Waals surface area contributed by atoms with Gasteiger partial charge in [-0.25, -0.2) is 0 Å². The fourth-order valence-corrected chi connectivity index (χ4v) is 2.85. The van der Waals surface area contributed by atoms with E-state index in [4.69, 9.17) is 33.7 Å². The van der Waals surface area contributed by atoms with Crippen LogP contribution in [0.2, 0.25) is 10.0 Å². The summed E-state index contributed by atoms with van der Waals surface area (Å²) < 4.78 is 5.19. The predicted molar refractivity (Wildman–Crippen MR) is 83.4 cm³/mol. The molecule has 0 bridgehead atoms. The quantitative estimate of drug-likeness (QED) is 0.645. The van der Waals surface area contributed by atoms with Gasteiger partial charge in [0.2, 0.25) is 0 Å². The number of thioether (sulfide) groups is 1. The lowest BCUT2D eigenvalue weighted by atomic mass is 10.2. The molecule has 2 nitrogen and oxygen atoms in total. The standard InChI is InChI=1S/C14H13Cl2NOS/c1-18-11-5-9(4-10(17)6-11)8-19-12-2-3-13(15)14(16)7-12/h2-7H,8,17H2,1H3. The lowest BCUT2D eigenvalue weighted by Gasteiger charge is -2.07. The molecule has 0 amide bonds. The van der Waals surface area contributed by atoms with Gasteiger partial charge >= 0.3 is 0 Å². The average Bonchev–Trinajstić information content (AvgIpc) is 2.39. The first-order chi connectivity index (χ1) is 9.08. The second-order valence-electron chi connectivity index (χ2n) is 3.98. The first-order valence-corrected chi connectivity index (χ1v) is 7.34. The molecular weight excluding hydrogens is 301 g/mol. The van der Waals surface area contributed by atoms with Crippen molar-refractivity contribution in [3.05, 3.63) is 52.0 Å². The van der Waals surface area contributed by atoms with Crippen LogP contribution in [0.4, 0.5) is 5.69 Å². The van der Waals surface area contributed by atoms with E-state index in [1.165, 1.54) is 0 Å². The molecule has 0 saturated carbocycles. The Kier molecular flexibility index (Phi) is 4.86. The Labute approximate surface area is 126 Å². The number of benzene rings is 2. The van der Waals surface area contributed by atoms with Crippen molar-refractivity contribution < 1.29 is 4.74 Å². The molecule has 100 valence electrons. The molecule has 0 aromatic heterocycles. The second kappa shape index (κ2) is 6.42. The molecule has 2 aromatic rings. The Morgan fingerprint density at radius 2 is 1.89 bits per heavy atom. The zero-order valence-electron chi connectivity index (χ0n) is 10.3. The number of hydrogen-bond acceptors (Lipinski definition) is 3. The van der Waals surface area contributed by atoms with E-state index in [1.54, 1.807) is 31.0 Å². The van der Waals surface area contributed by atoms with E-state index >= 15 is 0 Å².